The molecule has 88 valence electrons. The van der Waals surface area contributed by atoms with E-state index in [0.717, 1.165) is 5.92 Å². The standard InChI is InChI=1S/C14H26O/c1-5-14(3,4)13-8-6-12(7-9-13)10-11(2)15/h10-11,13,15H,5-9H2,1-4H3. The van der Waals surface area contributed by atoms with Gasteiger partial charge >= 0.3 is 0 Å². The number of aliphatic hydroxyl groups is 1. The van der Waals surface area contributed by atoms with Crippen molar-refractivity contribution in [3.05, 3.63) is 11.6 Å². The van der Waals surface area contributed by atoms with E-state index in [9.17, 15) is 5.11 Å². The molecular weight excluding hydrogens is 184 g/mol. The average molecular weight is 210 g/mol. The molecule has 0 bridgehead atoms. The Balaban J connectivity index is 2.49. The summed E-state index contributed by atoms with van der Waals surface area (Å²) in [5.74, 6) is 0.869. The molecule has 1 aliphatic carbocycles. The van der Waals surface area contributed by atoms with Gasteiger partial charge in [-0.3, -0.25) is 0 Å². The van der Waals surface area contributed by atoms with Crippen molar-refractivity contribution in [3.8, 4) is 0 Å². The minimum absolute atomic E-state index is 0.268. The molecule has 0 spiro atoms. The molecule has 0 saturated heterocycles. The van der Waals surface area contributed by atoms with Gasteiger partial charge in [-0.15, -0.1) is 0 Å². The van der Waals surface area contributed by atoms with E-state index in [1.165, 1.54) is 37.7 Å². The highest BCUT2D eigenvalue weighted by Crippen LogP contribution is 2.41. The van der Waals surface area contributed by atoms with Gasteiger partial charge in [-0.05, 0) is 43.9 Å². The van der Waals surface area contributed by atoms with E-state index in [1.54, 1.807) is 0 Å². The molecule has 0 radical (unpaired) electrons. The Bertz CT molecular complexity index is 215. The Labute approximate surface area is 94.6 Å². The van der Waals surface area contributed by atoms with Gasteiger partial charge in [-0.2, -0.15) is 0 Å². The van der Waals surface area contributed by atoms with E-state index in [1.807, 2.05) is 13.0 Å². The zero-order chi connectivity index (χ0) is 11.5. The van der Waals surface area contributed by atoms with E-state index in [4.69, 9.17) is 0 Å². The van der Waals surface area contributed by atoms with Crippen molar-refractivity contribution in [1.82, 2.24) is 0 Å². The van der Waals surface area contributed by atoms with Gasteiger partial charge in [0.05, 0.1) is 6.10 Å². The maximum Gasteiger partial charge on any atom is 0.0695 e. The zero-order valence-corrected chi connectivity index (χ0v) is 10.7. The minimum atomic E-state index is -0.268. The number of allylic oxidation sites excluding steroid dienone is 1. The van der Waals surface area contributed by atoms with E-state index in [0.29, 0.717) is 5.41 Å². The van der Waals surface area contributed by atoms with E-state index in [-0.39, 0.29) is 6.10 Å². The highest BCUT2D eigenvalue weighted by molar-refractivity contribution is 5.08. The average Bonchev–Trinajstić information content (AvgIpc) is 2.18. The summed E-state index contributed by atoms with van der Waals surface area (Å²) in [5, 5.41) is 9.30. The van der Waals surface area contributed by atoms with Gasteiger partial charge in [0.2, 0.25) is 0 Å². The van der Waals surface area contributed by atoms with Crippen LogP contribution in [-0.4, -0.2) is 11.2 Å². The monoisotopic (exact) mass is 210 g/mol. The van der Waals surface area contributed by atoms with E-state index in [2.05, 4.69) is 20.8 Å². The Hall–Kier alpha value is -0.300. The third-order valence-electron chi connectivity index (χ3n) is 4.12. The largest absolute Gasteiger partial charge is 0.389 e. The molecule has 1 fully saturated rings. The second kappa shape index (κ2) is 5.16. The maximum absolute atomic E-state index is 9.30. The van der Waals surface area contributed by atoms with Crippen LogP contribution in [-0.2, 0) is 0 Å². The summed E-state index contributed by atoms with van der Waals surface area (Å²) in [6.07, 6.45) is 8.04. The molecule has 1 aliphatic rings. The summed E-state index contributed by atoms with van der Waals surface area (Å²) in [6.45, 7) is 8.91. The van der Waals surface area contributed by atoms with Crippen LogP contribution in [0.25, 0.3) is 0 Å². The second-order valence-corrected chi connectivity index (χ2v) is 5.68. The van der Waals surface area contributed by atoms with Crippen molar-refractivity contribution in [3.63, 3.8) is 0 Å². The predicted octanol–water partition coefficient (Wildman–Crippen LogP) is 3.92. The van der Waals surface area contributed by atoms with E-state index < -0.39 is 0 Å². The van der Waals surface area contributed by atoms with Crippen LogP contribution in [0.15, 0.2) is 11.6 Å². The smallest absolute Gasteiger partial charge is 0.0695 e. The maximum atomic E-state index is 9.30. The Morgan fingerprint density at radius 1 is 1.40 bits per heavy atom. The Morgan fingerprint density at radius 2 is 1.93 bits per heavy atom. The van der Waals surface area contributed by atoms with Crippen LogP contribution in [0.1, 0.15) is 59.8 Å². The number of hydrogen-bond acceptors (Lipinski definition) is 1. The summed E-state index contributed by atoms with van der Waals surface area (Å²) in [5.41, 5.74) is 1.96. The van der Waals surface area contributed by atoms with Crippen LogP contribution in [0.3, 0.4) is 0 Å². The van der Waals surface area contributed by atoms with Gasteiger partial charge in [0.1, 0.15) is 0 Å². The van der Waals surface area contributed by atoms with Gasteiger partial charge in [0, 0.05) is 0 Å². The second-order valence-electron chi connectivity index (χ2n) is 5.68. The van der Waals surface area contributed by atoms with Crippen molar-refractivity contribution >= 4 is 0 Å². The highest BCUT2D eigenvalue weighted by Gasteiger charge is 2.29. The fourth-order valence-corrected chi connectivity index (χ4v) is 2.57. The van der Waals surface area contributed by atoms with Crippen molar-refractivity contribution in [2.45, 2.75) is 65.9 Å². The first kappa shape index (κ1) is 12.8. The lowest BCUT2D eigenvalue weighted by Gasteiger charge is -2.37. The molecule has 1 N–H and O–H groups in total. The van der Waals surface area contributed by atoms with Gasteiger partial charge in [-0.25, -0.2) is 0 Å². The lowest BCUT2D eigenvalue weighted by atomic mass is 9.69. The molecule has 1 unspecified atom stereocenters. The molecule has 0 aliphatic heterocycles. The van der Waals surface area contributed by atoms with Gasteiger partial charge in [-0.1, -0.05) is 38.8 Å². The minimum Gasteiger partial charge on any atom is -0.389 e. The molecule has 0 aromatic rings. The van der Waals surface area contributed by atoms with Crippen LogP contribution >= 0.6 is 0 Å². The number of hydrogen-bond donors (Lipinski definition) is 1. The molecular formula is C14H26O. The quantitative estimate of drug-likeness (QED) is 0.700. The molecule has 15 heavy (non-hydrogen) atoms. The van der Waals surface area contributed by atoms with Gasteiger partial charge < -0.3 is 5.11 Å². The normalized spacial score (nSPS) is 25.1. The fraction of sp³-hybridized carbons (Fsp3) is 0.857. The summed E-state index contributed by atoms with van der Waals surface area (Å²) in [4.78, 5) is 0. The summed E-state index contributed by atoms with van der Waals surface area (Å²) >= 11 is 0. The van der Waals surface area contributed by atoms with Crippen molar-refractivity contribution in [1.29, 1.82) is 0 Å². The van der Waals surface area contributed by atoms with Crippen LogP contribution in [0.5, 0.6) is 0 Å². The first-order valence-corrected chi connectivity index (χ1v) is 6.33. The molecule has 1 saturated carbocycles. The molecule has 0 amide bonds. The summed E-state index contributed by atoms with van der Waals surface area (Å²) < 4.78 is 0. The molecule has 1 heteroatoms. The molecule has 1 rings (SSSR count). The van der Waals surface area contributed by atoms with Gasteiger partial charge in [0.15, 0.2) is 0 Å². The van der Waals surface area contributed by atoms with Crippen molar-refractivity contribution in [2.75, 3.05) is 0 Å². The zero-order valence-electron chi connectivity index (χ0n) is 10.7. The van der Waals surface area contributed by atoms with Gasteiger partial charge in [0.25, 0.3) is 0 Å². The number of rotatable bonds is 3. The van der Waals surface area contributed by atoms with E-state index >= 15 is 0 Å². The van der Waals surface area contributed by atoms with Crippen molar-refractivity contribution < 1.29 is 5.11 Å². The first-order valence-electron chi connectivity index (χ1n) is 6.33. The SMILES string of the molecule is CCC(C)(C)C1CCC(=CC(C)O)CC1. The summed E-state index contributed by atoms with van der Waals surface area (Å²) in [6, 6.07) is 0. The predicted molar refractivity (Wildman–Crippen MR) is 65.8 cm³/mol. The number of aliphatic hydroxyl groups excluding tert-OH is 1. The van der Waals surface area contributed by atoms with Crippen LogP contribution < -0.4 is 0 Å². The van der Waals surface area contributed by atoms with Crippen LogP contribution in [0, 0.1) is 11.3 Å². The third-order valence-corrected chi connectivity index (χ3v) is 4.12. The Morgan fingerprint density at radius 3 is 2.33 bits per heavy atom. The molecule has 1 atom stereocenters. The van der Waals surface area contributed by atoms with Crippen molar-refractivity contribution in [2.24, 2.45) is 11.3 Å². The lowest BCUT2D eigenvalue weighted by Crippen LogP contribution is -2.26. The van der Waals surface area contributed by atoms with Crippen LogP contribution in [0.2, 0.25) is 0 Å². The first-order chi connectivity index (χ1) is 6.95. The lowest BCUT2D eigenvalue weighted by molar-refractivity contribution is 0.166. The third kappa shape index (κ3) is 3.64. The highest BCUT2D eigenvalue weighted by atomic mass is 16.3. The molecule has 0 heterocycles. The topological polar surface area (TPSA) is 20.2 Å². The molecule has 0 aromatic heterocycles. The fourth-order valence-electron chi connectivity index (χ4n) is 2.57. The summed E-state index contributed by atoms with van der Waals surface area (Å²) in [7, 11) is 0. The molecule has 1 nitrogen and oxygen atoms in total. The Kier molecular flexibility index (Phi) is 4.39. The van der Waals surface area contributed by atoms with Crippen LogP contribution in [0.4, 0.5) is 0 Å². The molecule has 0 aromatic carbocycles.